The average molecular weight is 427 g/mol. The summed E-state index contributed by atoms with van der Waals surface area (Å²) in [4.78, 5) is 23.3. The molecule has 0 aliphatic carbocycles. The number of hydrogen-bond donors (Lipinski definition) is 1. The second kappa shape index (κ2) is 7.94. The van der Waals surface area contributed by atoms with E-state index in [1.165, 1.54) is 0 Å². The van der Waals surface area contributed by atoms with Gasteiger partial charge >= 0.3 is 11.7 Å². The van der Waals surface area contributed by atoms with E-state index in [1.54, 1.807) is 18.2 Å². The van der Waals surface area contributed by atoms with Gasteiger partial charge in [0.05, 0.1) is 27.9 Å². The Morgan fingerprint density at radius 3 is 2.50 bits per heavy atom. The number of esters is 1. The fraction of sp³-hybridized carbons (Fsp3) is 0.125. The number of nitrogens with one attached hydrogen (secondary N) is 1. The fourth-order valence-electron chi connectivity index (χ4n) is 2.19. The molecule has 0 atom stereocenters. The molecular weight excluding hydrogens is 416 g/mol. The Labute approximate surface area is 161 Å². The second-order valence-electron chi connectivity index (χ2n) is 5.39. The Kier molecular flexibility index (Phi) is 5.61. The highest BCUT2D eigenvalue weighted by molar-refractivity contribution is 7.91. The van der Waals surface area contributed by atoms with Crippen molar-refractivity contribution in [2.24, 2.45) is 0 Å². The molecule has 0 unspecified atom stereocenters. The highest BCUT2D eigenvalue weighted by Crippen LogP contribution is 2.21. The molecule has 28 heavy (non-hydrogen) atoms. The van der Waals surface area contributed by atoms with Gasteiger partial charge in [0.1, 0.15) is 11.0 Å². The van der Waals surface area contributed by atoms with Gasteiger partial charge in [0.2, 0.25) is 9.84 Å². The van der Waals surface area contributed by atoms with Gasteiger partial charge in [-0.15, -0.1) is 0 Å². The molecular formula is C16H11F2N3O5S2. The number of halogens is 2. The standard InChI is InChI=1S/C16H11F2N3O5S2/c17-16(18)28(24,25)10-6-4-9(5-7-10)15(23)26-8-13(22)19-11-2-1-3-12-14(11)21-27-20-12/h1-7,16H,8H2,(H,19,22). The first-order chi connectivity index (χ1) is 13.3. The van der Waals surface area contributed by atoms with Gasteiger partial charge in [-0.3, -0.25) is 4.79 Å². The highest BCUT2D eigenvalue weighted by Gasteiger charge is 2.26. The molecule has 3 aromatic rings. The predicted octanol–water partition coefficient (Wildman–Crippen LogP) is 2.48. The Balaban J connectivity index is 1.61. The van der Waals surface area contributed by atoms with Crippen molar-refractivity contribution in [2.75, 3.05) is 11.9 Å². The topological polar surface area (TPSA) is 115 Å². The maximum Gasteiger partial charge on any atom is 0.341 e. The van der Waals surface area contributed by atoms with E-state index in [4.69, 9.17) is 4.74 Å². The molecule has 1 N–H and O–H groups in total. The molecule has 12 heteroatoms. The zero-order valence-corrected chi connectivity index (χ0v) is 15.5. The number of hydrogen-bond acceptors (Lipinski definition) is 8. The number of aromatic nitrogens is 2. The number of ether oxygens (including phenoxy) is 1. The van der Waals surface area contributed by atoms with E-state index in [1.807, 2.05) is 0 Å². The minimum Gasteiger partial charge on any atom is -0.452 e. The van der Waals surface area contributed by atoms with Gasteiger partial charge in [0.15, 0.2) is 6.61 Å². The summed E-state index contributed by atoms with van der Waals surface area (Å²) in [6.07, 6.45) is 0. The van der Waals surface area contributed by atoms with E-state index in [9.17, 15) is 26.8 Å². The summed E-state index contributed by atoms with van der Waals surface area (Å²) in [5.74, 6) is -5.10. The molecule has 8 nitrogen and oxygen atoms in total. The van der Waals surface area contributed by atoms with Crippen LogP contribution in [0.1, 0.15) is 10.4 Å². The van der Waals surface area contributed by atoms with Crippen LogP contribution in [0.25, 0.3) is 11.0 Å². The molecule has 0 bridgehead atoms. The summed E-state index contributed by atoms with van der Waals surface area (Å²) in [5.41, 5.74) is 1.43. The molecule has 0 aliphatic rings. The molecule has 0 fully saturated rings. The molecule has 1 aromatic heterocycles. The summed E-state index contributed by atoms with van der Waals surface area (Å²) in [6.45, 7) is -0.607. The molecule has 0 saturated heterocycles. The minimum absolute atomic E-state index is 0.0909. The van der Waals surface area contributed by atoms with Gasteiger partial charge in [-0.05, 0) is 36.4 Å². The molecule has 1 heterocycles. The molecule has 0 radical (unpaired) electrons. The third-order valence-corrected chi connectivity index (χ3v) is 5.49. The zero-order chi connectivity index (χ0) is 20.3. The summed E-state index contributed by atoms with van der Waals surface area (Å²) in [7, 11) is -4.75. The summed E-state index contributed by atoms with van der Waals surface area (Å²) in [6, 6.07) is 8.81. The number of benzene rings is 2. The van der Waals surface area contributed by atoms with Crippen LogP contribution in [0.5, 0.6) is 0 Å². The van der Waals surface area contributed by atoms with Gasteiger partial charge in [-0.1, -0.05) is 6.07 Å². The Bertz CT molecular complexity index is 1130. The van der Waals surface area contributed by atoms with E-state index < -0.39 is 39.0 Å². The lowest BCUT2D eigenvalue weighted by atomic mass is 10.2. The van der Waals surface area contributed by atoms with E-state index >= 15 is 0 Å². The predicted molar refractivity (Wildman–Crippen MR) is 96.0 cm³/mol. The van der Waals surface area contributed by atoms with Crippen molar-refractivity contribution >= 4 is 50.2 Å². The largest absolute Gasteiger partial charge is 0.452 e. The Morgan fingerprint density at radius 2 is 1.82 bits per heavy atom. The van der Waals surface area contributed by atoms with Crippen molar-refractivity contribution in [3.05, 3.63) is 48.0 Å². The first-order valence-electron chi connectivity index (χ1n) is 7.59. The van der Waals surface area contributed by atoms with Crippen LogP contribution in [0.3, 0.4) is 0 Å². The fourth-order valence-corrected chi connectivity index (χ4v) is 3.46. The molecule has 0 spiro atoms. The molecule has 2 aromatic carbocycles. The third kappa shape index (κ3) is 4.12. The van der Waals surface area contributed by atoms with Crippen molar-refractivity contribution in [1.29, 1.82) is 0 Å². The van der Waals surface area contributed by atoms with Gasteiger partial charge < -0.3 is 10.1 Å². The van der Waals surface area contributed by atoms with E-state index in [0.29, 0.717) is 16.7 Å². The van der Waals surface area contributed by atoms with E-state index in [0.717, 1.165) is 36.0 Å². The number of carbonyl (C=O) groups is 2. The third-order valence-electron chi connectivity index (χ3n) is 3.55. The molecule has 3 rings (SSSR count). The number of alkyl halides is 2. The quantitative estimate of drug-likeness (QED) is 0.601. The maximum absolute atomic E-state index is 12.5. The number of carbonyl (C=O) groups excluding carboxylic acids is 2. The van der Waals surface area contributed by atoms with Crippen molar-refractivity contribution in [2.45, 2.75) is 10.7 Å². The van der Waals surface area contributed by atoms with E-state index in [-0.39, 0.29) is 5.56 Å². The van der Waals surface area contributed by atoms with Crippen molar-refractivity contribution in [3.63, 3.8) is 0 Å². The summed E-state index contributed by atoms with van der Waals surface area (Å²) >= 11 is 0.988. The van der Waals surface area contributed by atoms with Crippen LogP contribution in [0.2, 0.25) is 0 Å². The maximum atomic E-state index is 12.5. The van der Waals surface area contributed by atoms with Gasteiger partial charge in [0, 0.05) is 0 Å². The monoisotopic (exact) mass is 427 g/mol. The average Bonchev–Trinajstić information content (AvgIpc) is 3.16. The second-order valence-corrected chi connectivity index (χ2v) is 7.84. The molecule has 0 saturated carbocycles. The van der Waals surface area contributed by atoms with Crippen molar-refractivity contribution in [1.82, 2.24) is 8.75 Å². The van der Waals surface area contributed by atoms with Crippen LogP contribution in [0.15, 0.2) is 47.4 Å². The number of fused-ring (bicyclic) bond motifs is 1. The number of sulfone groups is 1. The van der Waals surface area contributed by atoms with Gasteiger partial charge in [0.25, 0.3) is 5.91 Å². The highest BCUT2D eigenvalue weighted by atomic mass is 32.2. The molecule has 146 valence electrons. The van der Waals surface area contributed by atoms with Crippen LogP contribution >= 0.6 is 11.7 Å². The van der Waals surface area contributed by atoms with Crippen molar-refractivity contribution < 1.29 is 31.5 Å². The number of nitrogens with zero attached hydrogens (tertiary/aromatic N) is 2. The minimum atomic E-state index is -4.75. The SMILES string of the molecule is O=C(COC(=O)c1ccc(S(=O)(=O)C(F)F)cc1)Nc1cccc2nsnc12. The van der Waals surface area contributed by atoms with Crippen LogP contribution in [-0.2, 0) is 19.4 Å². The van der Waals surface area contributed by atoms with Gasteiger partial charge in [-0.2, -0.15) is 17.5 Å². The van der Waals surface area contributed by atoms with Crippen molar-refractivity contribution in [3.8, 4) is 0 Å². The molecule has 0 aliphatic heterocycles. The van der Waals surface area contributed by atoms with Crippen LogP contribution in [0.4, 0.5) is 14.5 Å². The van der Waals surface area contributed by atoms with Crippen LogP contribution in [-0.4, -0.2) is 41.4 Å². The number of amides is 1. The smallest absolute Gasteiger partial charge is 0.341 e. The number of anilines is 1. The van der Waals surface area contributed by atoms with E-state index in [2.05, 4.69) is 14.1 Å². The normalized spacial score (nSPS) is 11.5. The first-order valence-corrected chi connectivity index (χ1v) is 9.87. The number of rotatable bonds is 6. The Morgan fingerprint density at radius 1 is 1.11 bits per heavy atom. The molecule has 1 amide bonds. The lowest BCUT2D eigenvalue weighted by molar-refractivity contribution is -0.119. The van der Waals surface area contributed by atoms with Crippen LogP contribution < -0.4 is 5.32 Å². The first kappa shape index (κ1) is 19.8. The van der Waals surface area contributed by atoms with Crippen LogP contribution in [0, 0.1) is 0 Å². The van der Waals surface area contributed by atoms with Gasteiger partial charge in [-0.25, -0.2) is 13.2 Å². The zero-order valence-electron chi connectivity index (χ0n) is 13.8. The summed E-state index contributed by atoms with van der Waals surface area (Å²) < 4.78 is 60.6. The Hall–Kier alpha value is -2.99. The lowest BCUT2D eigenvalue weighted by Gasteiger charge is -2.08. The summed E-state index contributed by atoms with van der Waals surface area (Å²) in [5, 5.41) is 2.54. The lowest BCUT2D eigenvalue weighted by Crippen LogP contribution is -2.21.